The molecular weight excluding hydrogens is 554 g/mol. The maximum Gasteiger partial charge on any atom is 0.329 e. The number of allylic oxidation sites excluding steroid dienone is 2. The van der Waals surface area contributed by atoms with E-state index in [0.717, 1.165) is 56.7 Å². The number of carbonyl (C=O) groups excluding carboxylic acids is 2. The number of hydrogen-bond donors (Lipinski definition) is 3. The van der Waals surface area contributed by atoms with Crippen LogP contribution in [0.3, 0.4) is 0 Å². The molecule has 232 valence electrons. The number of nitro benzene ring substituents is 1. The van der Waals surface area contributed by atoms with E-state index >= 15 is 0 Å². The third-order valence-electron chi connectivity index (χ3n) is 11.2. The molecule has 3 N–H and O–H groups in total. The van der Waals surface area contributed by atoms with Gasteiger partial charge in [-0.05, 0) is 98.5 Å². The van der Waals surface area contributed by atoms with E-state index in [4.69, 9.17) is 4.84 Å². The fourth-order valence-electron chi connectivity index (χ4n) is 8.99. The van der Waals surface area contributed by atoms with Crippen LogP contribution in [0.1, 0.15) is 83.8 Å². The third-order valence-corrected chi connectivity index (χ3v) is 11.2. The molecule has 0 bridgehead atoms. The number of non-ortho nitro benzene ring substituents is 1. The summed E-state index contributed by atoms with van der Waals surface area (Å²) in [5.41, 5.74) is 1.98. The summed E-state index contributed by atoms with van der Waals surface area (Å²) in [6.45, 7) is 5.94. The van der Waals surface area contributed by atoms with Gasteiger partial charge in [0.25, 0.3) is 11.6 Å². The number of aliphatic carboxylic acids is 1. The van der Waals surface area contributed by atoms with E-state index in [1.54, 1.807) is 6.92 Å². The number of Topliss-reactive ketones (excluding diaryl/α,β-unsaturated/α-hetero) is 1. The lowest BCUT2D eigenvalue weighted by Crippen LogP contribution is -2.51. The zero-order valence-electron chi connectivity index (χ0n) is 25.0. The summed E-state index contributed by atoms with van der Waals surface area (Å²) < 4.78 is 0. The number of nitrogens with one attached hydrogen (secondary N) is 1. The lowest BCUT2D eigenvalue weighted by Gasteiger charge is -2.58. The molecule has 3 saturated carbocycles. The first-order valence-corrected chi connectivity index (χ1v) is 15.2. The minimum absolute atomic E-state index is 0.0103. The van der Waals surface area contributed by atoms with Crippen molar-refractivity contribution in [2.45, 2.75) is 84.3 Å². The summed E-state index contributed by atoms with van der Waals surface area (Å²) in [5.74, 6) is 0.0504. The molecule has 5 rings (SSSR count). The predicted molar refractivity (Wildman–Crippen MR) is 157 cm³/mol. The van der Waals surface area contributed by atoms with Gasteiger partial charge in [-0.2, -0.15) is 0 Å². The summed E-state index contributed by atoms with van der Waals surface area (Å²) in [6, 6.07) is 3.23. The van der Waals surface area contributed by atoms with Crippen molar-refractivity contribution in [1.29, 1.82) is 0 Å². The SMILES string of the molecule is CC(=O)[C@H]1CC[C@H]2[C@@H]3CCC4=C/C(=N\OCC(=O)N[C@@H](C(=O)O)[C@@H](O)c5cccc([N+](=O)[O-])c5)CC[C@]4(C)[C@H]3CC[C@]12C. The molecule has 8 atom stereocenters. The van der Waals surface area contributed by atoms with Crippen LogP contribution >= 0.6 is 0 Å². The third kappa shape index (κ3) is 5.71. The first kappa shape index (κ1) is 30.8. The lowest BCUT2D eigenvalue weighted by atomic mass is 9.46. The van der Waals surface area contributed by atoms with Crippen molar-refractivity contribution in [3.05, 3.63) is 51.6 Å². The molecule has 11 nitrogen and oxygen atoms in total. The predicted octanol–water partition coefficient (Wildman–Crippen LogP) is 4.74. The first-order chi connectivity index (χ1) is 20.3. The van der Waals surface area contributed by atoms with Crippen molar-refractivity contribution >= 4 is 29.1 Å². The number of benzene rings is 1. The molecular formula is C32H41N3O8. The van der Waals surface area contributed by atoms with Crippen LogP contribution < -0.4 is 5.32 Å². The number of nitrogens with zero attached hydrogens (tertiary/aromatic N) is 2. The Labute approximate surface area is 250 Å². The minimum Gasteiger partial charge on any atom is -0.480 e. The maximum atomic E-state index is 12.5. The maximum absolute atomic E-state index is 12.5. The number of aliphatic hydroxyl groups excluding tert-OH is 1. The number of carboxylic acid groups (broad SMARTS) is 1. The number of oxime groups is 1. The van der Waals surface area contributed by atoms with Crippen molar-refractivity contribution in [2.75, 3.05) is 6.61 Å². The van der Waals surface area contributed by atoms with Gasteiger partial charge < -0.3 is 20.4 Å². The average molecular weight is 596 g/mol. The van der Waals surface area contributed by atoms with Crippen LogP contribution in [-0.2, 0) is 19.2 Å². The van der Waals surface area contributed by atoms with Gasteiger partial charge in [0.15, 0.2) is 12.6 Å². The van der Waals surface area contributed by atoms with Gasteiger partial charge in [0.2, 0.25) is 0 Å². The van der Waals surface area contributed by atoms with Gasteiger partial charge >= 0.3 is 5.97 Å². The Kier molecular flexibility index (Phi) is 8.48. The molecule has 0 saturated heterocycles. The summed E-state index contributed by atoms with van der Waals surface area (Å²) in [6.07, 6.45) is 8.50. The summed E-state index contributed by atoms with van der Waals surface area (Å²) in [4.78, 5) is 52.4. The Hall–Kier alpha value is -3.60. The topological polar surface area (TPSA) is 168 Å². The number of aliphatic hydroxyl groups is 1. The molecule has 4 aliphatic carbocycles. The molecule has 0 heterocycles. The second kappa shape index (κ2) is 11.8. The van der Waals surface area contributed by atoms with Crippen LogP contribution in [0, 0.1) is 44.6 Å². The van der Waals surface area contributed by atoms with Crippen LogP contribution in [0.25, 0.3) is 0 Å². The Balaban J connectivity index is 1.20. The zero-order chi connectivity index (χ0) is 31.1. The molecule has 43 heavy (non-hydrogen) atoms. The Morgan fingerprint density at radius 2 is 1.91 bits per heavy atom. The van der Waals surface area contributed by atoms with Gasteiger partial charge in [0.05, 0.1) is 10.6 Å². The number of ketones is 1. The Morgan fingerprint density at radius 3 is 2.60 bits per heavy atom. The molecule has 1 aromatic carbocycles. The van der Waals surface area contributed by atoms with Gasteiger partial charge in [0.1, 0.15) is 11.9 Å². The highest BCUT2D eigenvalue weighted by Crippen LogP contribution is 2.66. The fourth-order valence-corrected chi connectivity index (χ4v) is 8.99. The summed E-state index contributed by atoms with van der Waals surface area (Å²) in [5, 5.41) is 37.6. The Morgan fingerprint density at radius 1 is 1.14 bits per heavy atom. The van der Waals surface area contributed by atoms with E-state index < -0.39 is 35.6 Å². The second-order valence-electron chi connectivity index (χ2n) is 13.3. The van der Waals surface area contributed by atoms with Crippen molar-refractivity contribution in [3.8, 4) is 0 Å². The smallest absolute Gasteiger partial charge is 0.329 e. The molecule has 0 spiro atoms. The molecule has 3 fully saturated rings. The van der Waals surface area contributed by atoms with E-state index in [1.807, 2.05) is 0 Å². The molecule has 0 aromatic heterocycles. The van der Waals surface area contributed by atoms with Gasteiger partial charge in [0, 0.05) is 18.1 Å². The molecule has 11 heteroatoms. The van der Waals surface area contributed by atoms with Crippen LogP contribution in [0.4, 0.5) is 5.69 Å². The zero-order valence-corrected chi connectivity index (χ0v) is 25.0. The van der Waals surface area contributed by atoms with Crippen LogP contribution in [0.15, 0.2) is 41.1 Å². The average Bonchev–Trinajstić information content (AvgIpc) is 3.33. The summed E-state index contributed by atoms with van der Waals surface area (Å²) >= 11 is 0. The van der Waals surface area contributed by atoms with E-state index in [-0.39, 0.29) is 28.0 Å². The monoisotopic (exact) mass is 595 g/mol. The van der Waals surface area contributed by atoms with Crippen LogP contribution in [0.5, 0.6) is 0 Å². The van der Waals surface area contributed by atoms with Crippen molar-refractivity contribution in [2.24, 2.45) is 39.7 Å². The number of carbonyl (C=O) groups is 3. The van der Waals surface area contributed by atoms with Crippen molar-refractivity contribution < 1.29 is 34.4 Å². The normalized spacial score (nSPS) is 33.7. The van der Waals surface area contributed by atoms with Crippen molar-refractivity contribution in [3.63, 3.8) is 0 Å². The van der Waals surface area contributed by atoms with Crippen molar-refractivity contribution in [1.82, 2.24) is 5.32 Å². The number of rotatable bonds is 9. The van der Waals surface area contributed by atoms with E-state index in [2.05, 4.69) is 30.4 Å². The van der Waals surface area contributed by atoms with Gasteiger partial charge in [-0.15, -0.1) is 0 Å². The van der Waals surface area contributed by atoms with Crippen LogP contribution in [-0.4, -0.2) is 51.2 Å². The number of amides is 1. The highest BCUT2D eigenvalue weighted by molar-refractivity contribution is 5.96. The molecule has 4 aliphatic rings. The number of hydrogen-bond acceptors (Lipinski definition) is 8. The van der Waals surface area contributed by atoms with E-state index in [1.165, 1.54) is 23.8 Å². The number of nitro groups is 1. The highest BCUT2D eigenvalue weighted by Gasteiger charge is 2.59. The van der Waals surface area contributed by atoms with Gasteiger partial charge in [-0.3, -0.25) is 19.7 Å². The highest BCUT2D eigenvalue weighted by atomic mass is 16.6. The molecule has 0 unspecified atom stereocenters. The second-order valence-corrected chi connectivity index (χ2v) is 13.3. The Bertz CT molecular complexity index is 1370. The summed E-state index contributed by atoms with van der Waals surface area (Å²) in [7, 11) is 0. The first-order valence-electron chi connectivity index (χ1n) is 15.2. The number of fused-ring (bicyclic) bond motifs is 5. The minimum atomic E-state index is -1.73. The standard InChI is InChI=1S/C32H41N3O8/c1-18(36)24-9-10-25-23-8-7-20-16-21(11-13-31(20,2)26(23)12-14-32(24,25)3)34-43-17-27(37)33-28(30(39)40)29(38)19-5-4-6-22(15-19)35(41)42/h4-6,15-16,23-26,28-29,38H,7-14,17H2,1-3H3,(H,33,37)(H,39,40)/b34-21-/t23-,24+,25-,26-,28+,29-,31-,32+/m0/s1. The molecule has 0 radical (unpaired) electrons. The molecule has 1 amide bonds. The van der Waals surface area contributed by atoms with Gasteiger partial charge in [-0.25, -0.2) is 4.79 Å². The van der Waals surface area contributed by atoms with Gasteiger partial charge in [-0.1, -0.05) is 36.7 Å². The number of carboxylic acids is 1. The molecule has 0 aliphatic heterocycles. The van der Waals surface area contributed by atoms with E-state index in [9.17, 15) is 34.7 Å². The molecule has 1 aromatic rings. The van der Waals surface area contributed by atoms with E-state index in [0.29, 0.717) is 30.0 Å². The largest absolute Gasteiger partial charge is 0.480 e. The fraction of sp³-hybridized carbons (Fsp3) is 0.625. The lowest BCUT2D eigenvalue weighted by molar-refractivity contribution is -0.385. The quantitative estimate of drug-likeness (QED) is 0.272. The van der Waals surface area contributed by atoms with Crippen LogP contribution in [0.2, 0.25) is 0 Å².